The third-order valence-electron chi connectivity index (χ3n) is 2.87. The molecule has 0 aliphatic carbocycles. The fourth-order valence-electron chi connectivity index (χ4n) is 1.66. The molecule has 6 nitrogen and oxygen atoms in total. The number of oxazole rings is 1. The highest BCUT2D eigenvalue weighted by Gasteiger charge is 2.14. The first-order chi connectivity index (χ1) is 9.65. The second kappa shape index (κ2) is 5.29. The van der Waals surface area contributed by atoms with Gasteiger partial charge in [-0.2, -0.15) is 11.3 Å². The van der Waals surface area contributed by atoms with Crippen LogP contribution in [-0.4, -0.2) is 19.7 Å². The summed E-state index contributed by atoms with van der Waals surface area (Å²) < 4.78 is 7.45. The van der Waals surface area contributed by atoms with Crippen molar-refractivity contribution in [3.63, 3.8) is 0 Å². The van der Waals surface area contributed by atoms with Gasteiger partial charge in [-0.3, -0.25) is 4.57 Å². The van der Waals surface area contributed by atoms with Crippen LogP contribution in [-0.2, 0) is 12.8 Å². The summed E-state index contributed by atoms with van der Waals surface area (Å²) in [5.74, 6) is 2.57. The topological polar surface area (TPSA) is 82.8 Å². The van der Waals surface area contributed by atoms with Gasteiger partial charge in [-0.15, -0.1) is 10.2 Å². The number of nitrogens with two attached hydrogens (primary N) is 1. The maximum absolute atomic E-state index is 5.70. The lowest BCUT2D eigenvalue weighted by molar-refractivity contribution is 0.541. The van der Waals surface area contributed by atoms with Crippen LogP contribution in [0, 0.1) is 6.92 Å². The average molecular weight is 307 g/mol. The number of nitrogens with zero attached hydrogens (tertiary/aromatic N) is 4. The van der Waals surface area contributed by atoms with Crippen molar-refractivity contribution in [2.75, 3.05) is 5.73 Å². The van der Waals surface area contributed by atoms with E-state index in [0.717, 1.165) is 22.2 Å². The van der Waals surface area contributed by atoms with E-state index in [1.54, 1.807) is 15.9 Å². The summed E-state index contributed by atoms with van der Waals surface area (Å²) in [5, 5.41) is 12.6. The molecule has 2 N–H and O–H groups in total. The molecular formula is C12H13N5OS2. The van der Waals surface area contributed by atoms with Gasteiger partial charge < -0.3 is 10.2 Å². The molecule has 0 spiro atoms. The molecule has 0 bridgehead atoms. The molecule has 0 fully saturated rings. The highest BCUT2D eigenvalue weighted by Crippen LogP contribution is 2.27. The van der Waals surface area contributed by atoms with Gasteiger partial charge in [0.05, 0.1) is 5.69 Å². The van der Waals surface area contributed by atoms with Crippen LogP contribution in [0.2, 0.25) is 0 Å². The molecule has 3 rings (SSSR count). The highest BCUT2D eigenvalue weighted by atomic mass is 32.2. The standard InChI is InChI=1S/C12H13N5OS2/c1-7-9(6-20-12-16-15-11(13)17(12)2)14-10(18-7)8-3-4-19-5-8/h3-5H,6H2,1-2H3,(H2,13,15). The van der Waals surface area contributed by atoms with Gasteiger partial charge in [-0.05, 0) is 18.4 Å². The maximum Gasteiger partial charge on any atom is 0.227 e. The van der Waals surface area contributed by atoms with Crippen molar-refractivity contribution in [1.82, 2.24) is 19.7 Å². The minimum Gasteiger partial charge on any atom is -0.441 e. The number of thioether (sulfide) groups is 1. The van der Waals surface area contributed by atoms with Gasteiger partial charge in [0.15, 0.2) is 5.16 Å². The SMILES string of the molecule is Cc1oc(-c2ccsc2)nc1CSc1nnc(N)n1C. The summed E-state index contributed by atoms with van der Waals surface area (Å²) in [7, 11) is 1.84. The zero-order chi connectivity index (χ0) is 14.1. The Labute approximate surface area is 124 Å². The lowest BCUT2D eigenvalue weighted by Crippen LogP contribution is -1.98. The third-order valence-corrected chi connectivity index (χ3v) is 4.58. The van der Waals surface area contributed by atoms with Crippen LogP contribution in [0.4, 0.5) is 5.95 Å². The molecule has 0 amide bonds. The number of nitrogen functional groups attached to an aromatic ring is 1. The molecule has 0 saturated heterocycles. The minimum absolute atomic E-state index is 0.406. The number of aromatic nitrogens is 4. The Balaban J connectivity index is 1.77. The van der Waals surface area contributed by atoms with Crippen LogP contribution in [0.25, 0.3) is 11.5 Å². The van der Waals surface area contributed by atoms with Crippen LogP contribution in [0.15, 0.2) is 26.4 Å². The van der Waals surface area contributed by atoms with Gasteiger partial charge in [0.25, 0.3) is 0 Å². The van der Waals surface area contributed by atoms with Gasteiger partial charge in [-0.1, -0.05) is 11.8 Å². The first kappa shape index (κ1) is 13.2. The van der Waals surface area contributed by atoms with Crippen LogP contribution < -0.4 is 5.73 Å². The number of aryl methyl sites for hydroxylation is 1. The minimum atomic E-state index is 0.406. The normalized spacial score (nSPS) is 11.1. The number of anilines is 1. The molecule has 3 heterocycles. The van der Waals surface area contributed by atoms with Crippen LogP contribution in [0.3, 0.4) is 0 Å². The molecule has 8 heteroatoms. The van der Waals surface area contributed by atoms with E-state index in [1.807, 2.05) is 30.8 Å². The Hall–Kier alpha value is -1.80. The first-order valence-electron chi connectivity index (χ1n) is 5.91. The van der Waals surface area contributed by atoms with E-state index in [4.69, 9.17) is 10.2 Å². The van der Waals surface area contributed by atoms with Gasteiger partial charge in [0.2, 0.25) is 11.8 Å². The molecular weight excluding hydrogens is 294 g/mol. The van der Waals surface area contributed by atoms with E-state index in [0.29, 0.717) is 17.6 Å². The molecule has 0 radical (unpaired) electrons. The zero-order valence-electron chi connectivity index (χ0n) is 11.0. The summed E-state index contributed by atoms with van der Waals surface area (Å²) in [4.78, 5) is 4.53. The van der Waals surface area contributed by atoms with Gasteiger partial charge in [0, 0.05) is 23.7 Å². The molecule has 0 atom stereocenters. The fraction of sp³-hybridized carbons (Fsp3) is 0.250. The maximum atomic E-state index is 5.70. The van der Waals surface area contributed by atoms with Gasteiger partial charge in [-0.25, -0.2) is 4.98 Å². The fourth-order valence-corrected chi connectivity index (χ4v) is 3.21. The molecule has 0 unspecified atom stereocenters. The van der Waals surface area contributed by atoms with Crippen LogP contribution in [0.5, 0.6) is 0 Å². The van der Waals surface area contributed by atoms with E-state index in [9.17, 15) is 0 Å². The van der Waals surface area contributed by atoms with Crippen molar-refractivity contribution in [3.8, 4) is 11.5 Å². The summed E-state index contributed by atoms with van der Waals surface area (Å²) >= 11 is 3.16. The smallest absolute Gasteiger partial charge is 0.227 e. The van der Waals surface area contributed by atoms with Crippen molar-refractivity contribution < 1.29 is 4.42 Å². The zero-order valence-corrected chi connectivity index (χ0v) is 12.7. The van der Waals surface area contributed by atoms with Crippen LogP contribution >= 0.6 is 23.1 Å². The number of hydrogen-bond acceptors (Lipinski definition) is 7. The second-order valence-corrected chi connectivity index (χ2v) is 5.94. The second-order valence-electron chi connectivity index (χ2n) is 4.22. The Bertz CT molecular complexity index is 716. The molecule has 0 saturated carbocycles. The Morgan fingerprint density at radius 2 is 2.30 bits per heavy atom. The molecule has 3 aromatic rings. The summed E-state index contributed by atoms with van der Waals surface area (Å²) in [6.45, 7) is 1.92. The van der Waals surface area contributed by atoms with Crippen LogP contribution in [0.1, 0.15) is 11.5 Å². The van der Waals surface area contributed by atoms with Crippen molar-refractivity contribution in [2.45, 2.75) is 17.8 Å². The molecule has 0 aromatic carbocycles. The Morgan fingerprint density at radius 1 is 1.45 bits per heavy atom. The predicted molar refractivity (Wildman–Crippen MR) is 79.5 cm³/mol. The number of rotatable bonds is 4. The van der Waals surface area contributed by atoms with E-state index in [2.05, 4.69) is 15.2 Å². The van der Waals surface area contributed by atoms with E-state index in [-0.39, 0.29) is 0 Å². The Kier molecular flexibility index (Phi) is 3.49. The average Bonchev–Trinajstić information content (AvgIpc) is 3.12. The van der Waals surface area contributed by atoms with Gasteiger partial charge in [0.1, 0.15) is 5.76 Å². The quantitative estimate of drug-likeness (QED) is 0.746. The van der Waals surface area contributed by atoms with Crippen molar-refractivity contribution in [1.29, 1.82) is 0 Å². The lowest BCUT2D eigenvalue weighted by Gasteiger charge is -1.99. The molecule has 104 valence electrons. The third kappa shape index (κ3) is 2.44. The number of thiophene rings is 1. The van der Waals surface area contributed by atoms with Crippen molar-refractivity contribution in [2.24, 2.45) is 7.05 Å². The Morgan fingerprint density at radius 3 is 2.95 bits per heavy atom. The summed E-state index contributed by atoms with van der Waals surface area (Å²) in [5.41, 5.74) is 7.58. The monoisotopic (exact) mass is 307 g/mol. The largest absolute Gasteiger partial charge is 0.441 e. The van der Waals surface area contributed by atoms with E-state index in [1.165, 1.54) is 11.8 Å². The van der Waals surface area contributed by atoms with Crippen molar-refractivity contribution in [3.05, 3.63) is 28.3 Å². The highest BCUT2D eigenvalue weighted by molar-refractivity contribution is 7.98. The first-order valence-corrected chi connectivity index (χ1v) is 7.84. The van der Waals surface area contributed by atoms with Crippen molar-refractivity contribution >= 4 is 29.0 Å². The van der Waals surface area contributed by atoms with E-state index < -0.39 is 0 Å². The molecule has 0 aliphatic heterocycles. The predicted octanol–water partition coefficient (Wildman–Crippen LogP) is 2.71. The number of hydrogen-bond donors (Lipinski definition) is 1. The molecule has 20 heavy (non-hydrogen) atoms. The molecule has 3 aromatic heterocycles. The van der Waals surface area contributed by atoms with Gasteiger partial charge >= 0.3 is 0 Å². The molecule has 0 aliphatic rings. The summed E-state index contributed by atoms with van der Waals surface area (Å²) in [6.07, 6.45) is 0. The van der Waals surface area contributed by atoms with E-state index >= 15 is 0 Å². The summed E-state index contributed by atoms with van der Waals surface area (Å²) in [6, 6.07) is 2.00. The lowest BCUT2D eigenvalue weighted by atomic mass is 10.3.